The van der Waals surface area contributed by atoms with Gasteiger partial charge in [0.15, 0.2) is 0 Å². The summed E-state index contributed by atoms with van der Waals surface area (Å²) in [6.07, 6.45) is 3.86. The molecule has 1 aliphatic rings. The summed E-state index contributed by atoms with van der Waals surface area (Å²) >= 11 is 0. The van der Waals surface area contributed by atoms with Crippen molar-refractivity contribution < 1.29 is 9.59 Å². The lowest BCUT2D eigenvalue weighted by Gasteiger charge is -2.16. The van der Waals surface area contributed by atoms with Crippen LogP contribution in [0.4, 0.5) is 5.69 Å². The van der Waals surface area contributed by atoms with Crippen LogP contribution in [-0.2, 0) is 17.8 Å². The van der Waals surface area contributed by atoms with Crippen molar-refractivity contribution in [1.82, 2.24) is 15.1 Å². The molecule has 0 atom stereocenters. The topological polar surface area (TPSA) is 67.2 Å². The molecule has 1 saturated heterocycles. The molecule has 1 N–H and O–H groups in total. The maximum atomic E-state index is 12.7. The zero-order valence-electron chi connectivity index (χ0n) is 16.5. The number of carbonyl (C=O) groups excluding carboxylic acids is 2. The molecule has 2 aromatic carbocycles. The highest BCUT2D eigenvalue weighted by molar-refractivity contribution is 5.96. The summed E-state index contributed by atoms with van der Waals surface area (Å²) < 4.78 is 1.82. The quantitative estimate of drug-likeness (QED) is 0.703. The van der Waals surface area contributed by atoms with E-state index >= 15 is 0 Å². The molecule has 0 aliphatic carbocycles. The largest absolute Gasteiger partial charge is 0.348 e. The van der Waals surface area contributed by atoms with Gasteiger partial charge in [0.1, 0.15) is 0 Å². The monoisotopic (exact) mass is 388 g/mol. The third-order valence-corrected chi connectivity index (χ3v) is 5.22. The molecule has 6 nitrogen and oxygen atoms in total. The first-order valence-corrected chi connectivity index (χ1v) is 9.97. The van der Waals surface area contributed by atoms with Gasteiger partial charge in [-0.15, -0.1) is 0 Å². The summed E-state index contributed by atoms with van der Waals surface area (Å²) in [6.45, 7) is 3.22. The third kappa shape index (κ3) is 3.92. The van der Waals surface area contributed by atoms with Gasteiger partial charge in [-0.3, -0.25) is 9.59 Å². The van der Waals surface area contributed by atoms with E-state index < -0.39 is 0 Å². The van der Waals surface area contributed by atoms with E-state index in [4.69, 9.17) is 0 Å². The zero-order valence-corrected chi connectivity index (χ0v) is 16.5. The fourth-order valence-corrected chi connectivity index (χ4v) is 3.69. The Labute approximate surface area is 170 Å². The smallest absolute Gasteiger partial charge is 0.255 e. The number of hydrogen-bond acceptors (Lipinski definition) is 3. The first kappa shape index (κ1) is 18.9. The number of nitrogens with one attached hydrogen (secondary N) is 1. The molecule has 1 fully saturated rings. The Kier molecular flexibility index (Phi) is 5.42. The Hall–Kier alpha value is -3.41. The average Bonchev–Trinajstić information content (AvgIpc) is 3.39. The minimum absolute atomic E-state index is 0.136. The van der Waals surface area contributed by atoms with Gasteiger partial charge < -0.3 is 10.2 Å². The normalized spacial score (nSPS) is 13.7. The summed E-state index contributed by atoms with van der Waals surface area (Å²) in [5.74, 6) is 0.0383. The number of rotatable bonds is 6. The van der Waals surface area contributed by atoms with Crippen LogP contribution in [-0.4, -0.2) is 28.1 Å². The van der Waals surface area contributed by atoms with Gasteiger partial charge in [0, 0.05) is 25.2 Å². The molecule has 1 aromatic heterocycles. The number of hydrogen-bond donors (Lipinski definition) is 1. The number of para-hydroxylation sites is 1. The molecule has 0 bridgehead atoms. The first-order chi connectivity index (χ1) is 14.2. The van der Waals surface area contributed by atoms with Crippen molar-refractivity contribution in [3.63, 3.8) is 0 Å². The Morgan fingerprint density at radius 2 is 1.83 bits per heavy atom. The van der Waals surface area contributed by atoms with E-state index in [0.717, 1.165) is 35.6 Å². The number of amides is 2. The molecule has 2 heterocycles. The van der Waals surface area contributed by atoms with E-state index in [2.05, 4.69) is 10.4 Å². The molecule has 0 unspecified atom stereocenters. The lowest BCUT2D eigenvalue weighted by molar-refractivity contribution is -0.117. The maximum absolute atomic E-state index is 12.7. The van der Waals surface area contributed by atoms with Crippen LogP contribution in [0.3, 0.4) is 0 Å². The first-order valence-electron chi connectivity index (χ1n) is 9.97. The van der Waals surface area contributed by atoms with Crippen molar-refractivity contribution >= 4 is 17.5 Å². The Morgan fingerprint density at radius 3 is 2.48 bits per heavy atom. The van der Waals surface area contributed by atoms with Gasteiger partial charge in [0.2, 0.25) is 5.91 Å². The average molecular weight is 388 g/mol. The minimum Gasteiger partial charge on any atom is -0.348 e. The van der Waals surface area contributed by atoms with Crippen LogP contribution in [0.5, 0.6) is 0 Å². The van der Waals surface area contributed by atoms with E-state index in [0.29, 0.717) is 24.9 Å². The van der Waals surface area contributed by atoms with Crippen LogP contribution >= 0.6 is 0 Å². The Balaban J connectivity index is 1.44. The van der Waals surface area contributed by atoms with Gasteiger partial charge in [-0.1, -0.05) is 37.3 Å². The predicted molar refractivity (Wildman–Crippen MR) is 112 cm³/mol. The molecule has 0 spiro atoms. The zero-order chi connectivity index (χ0) is 20.2. The van der Waals surface area contributed by atoms with E-state index in [1.807, 2.05) is 71.1 Å². The predicted octanol–water partition coefficient (Wildman–Crippen LogP) is 3.49. The molecule has 0 radical (unpaired) electrons. The highest BCUT2D eigenvalue weighted by Crippen LogP contribution is 2.22. The third-order valence-electron chi connectivity index (χ3n) is 5.22. The second kappa shape index (κ2) is 8.31. The van der Waals surface area contributed by atoms with Gasteiger partial charge in [-0.25, -0.2) is 4.68 Å². The van der Waals surface area contributed by atoms with E-state index in [9.17, 15) is 9.59 Å². The fourth-order valence-electron chi connectivity index (χ4n) is 3.69. The Morgan fingerprint density at radius 1 is 1.07 bits per heavy atom. The molecule has 148 valence electrons. The lowest BCUT2D eigenvalue weighted by atomic mass is 10.1. The molecule has 6 heteroatoms. The highest BCUT2D eigenvalue weighted by Gasteiger charge is 2.21. The van der Waals surface area contributed by atoms with Crippen LogP contribution in [0, 0.1) is 0 Å². The van der Waals surface area contributed by atoms with Gasteiger partial charge in [0.05, 0.1) is 23.1 Å². The van der Waals surface area contributed by atoms with Crippen LogP contribution in [0.15, 0.2) is 60.8 Å². The van der Waals surface area contributed by atoms with Crippen molar-refractivity contribution in [2.24, 2.45) is 0 Å². The summed E-state index contributed by atoms with van der Waals surface area (Å²) in [6, 6.07) is 17.6. The molecule has 0 saturated carbocycles. The van der Waals surface area contributed by atoms with E-state index in [1.165, 1.54) is 0 Å². The highest BCUT2D eigenvalue weighted by atomic mass is 16.2. The molecule has 2 amide bonds. The van der Waals surface area contributed by atoms with Gasteiger partial charge in [0.25, 0.3) is 5.91 Å². The number of nitrogens with zero attached hydrogens (tertiary/aromatic N) is 3. The summed E-state index contributed by atoms with van der Waals surface area (Å²) in [5, 5.41) is 7.39. The maximum Gasteiger partial charge on any atom is 0.255 e. The molecular weight excluding hydrogens is 364 g/mol. The second-order valence-electron chi connectivity index (χ2n) is 7.10. The SMILES string of the molecule is CCc1c(C(=O)NCc2ccc(N3CCCC3=O)cc2)cnn1-c1ccccc1. The summed E-state index contributed by atoms with van der Waals surface area (Å²) in [7, 11) is 0. The van der Waals surface area contributed by atoms with Crippen LogP contribution in [0.1, 0.15) is 41.4 Å². The number of aromatic nitrogens is 2. The van der Waals surface area contributed by atoms with Crippen molar-refractivity contribution in [1.29, 1.82) is 0 Å². The van der Waals surface area contributed by atoms with Gasteiger partial charge in [-0.2, -0.15) is 5.10 Å². The Bertz CT molecular complexity index is 1010. The minimum atomic E-state index is -0.136. The number of carbonyl (C=O) groups is 2. The van der Waals surface area contributed by atoms with Crippen LogP contribution in [0.25, 0.3) is 5.69 Å². The van der Waals surface area contributed by atoms with Crippen LogP contribution in [0.2, 0.25) is 0 Å². The van der Waals surface area contributed by atoms with Crippen molar-refractivity contribution in [3.8, 4) is 5.69 Å². The molecule has 3 aromatic rings. The number of anilines is 1. The fraction of sp³-hybridized carbons (Fsp3) is 0.261. The second-order valence-corrected chi connectivity index (χ2v) is 7.10. The molecular formula is C23H24N4O2. The molecule has 4 rings (SSSR count). The van der Waals surface area contributed by atoms with E-state index in [1.54, 1.807) is 6.20 Å². The van der Waals surface area contributed by atoms with E-state index in [-0.39, 0.29) is 11.8 Å². The molecule has 1 aliphatic heterocycles. The standard InChI is InChI=1S/C23H24N4O2/c1-2-21-20(16-25-27(21)19-7-4-3-5-8-19)23(29)24-15-17-10-12-18(13-11-17)26-14-6-9-22(26)28/h3-5,7-8,10-13,16H,2,6,9,14-15H2,1H3,(H,24,29). The van der Waals surface area contributed by atoms with Crippen molar-refractivity contribution in [2.45, 2.75) is 32.7 Å². The molecule has 29 heavy (non-hydrogen) atoms. The van der Waals surface area contributed by atoms with Crippen molar-refractivity contribution in [3.05, 3.63) is 77.6 Å². The van der Waals surface area contributed by atoms with Gasteiger partial charge in [-0.05, 0) is 42.7 Å². The summed E-state index contributed by atoms with van der Waals surface area (Å²) in [5.41, 5.74) is 4.32. The van der Waals surface area contributed by atoms with Crippen LogP contribution < -0.4 is 10.2 Å². The van der Waals surface area contributed by atoms with Crippen molar-refractivity contribution in [2.75, 3.05) is 11.4 Å². The van der Waals surface area contributed by atoms with Gasteiger partial charge >= 0.3 is 0 Å². The lowest BCUT2D eigenvalue weighted by Crippen LogP contribution is -2.24. The number of benzene rings is 2. The summed E-state index contributed by atoms with van der Waals surface area (Å²) in [4.78, 5) is 26.4.